The number of nitrogens with two attached hydrogens (primary N) is 1. The molecule has 0 fully saturated rings. The molecule has 112 valence electrons. The van der Waals surface area contributed by atoms with Gasteiger partial charge in [-0.2, -0.15) is 0 Å². The fourth-order valence-corrected chi connectivity index (χ4v) is 2.09. The van der Waals surface area contributed by atoms with Gasteiger partial charge in [0.25, 0.3) is 5.91 Å². The highest BCUT2D eigenvalue weighted by atomic mass is 19.1. The second kappa shape index (κ2) is 6.17. The normalized spacial score (nSPS) is 14.2. The van der Waals surface area contributed by atoms with Crippen molar-refractivity contribution in [1.29, 1.82) is 0 Å². The number of anilines is 1. The lowest BCUT2D eigenvalue weighted by Crippen LogP contribution is -2.41. The first-order chi connectivity index (χ1) is 9.12. The Hall–Kier alpha value is -1.69. The summed E-state index contributed by atoms with van der Waals surface area (Å²) >= 11 is 0. The fraction of sp³-hybridized carbons (Fsp3) is 0.500. The van der Waals surface area contributed by atoms with Crippen LogP contribution in [0.25, 0.3) is 0 Å². The lowest BCUT2D eigenvalue weighted by Gasteiger charge is -2.25. The molecule has 4 nitrogen and oxygen atoms in total. The Morgan fingerprint density at radius 1 is 1.45 bits per heavy atom. The van der Waals surface area contributed by atoms with E-state index in [9.17, 15) is 18.7 Å². The van der Waals surface area contributed by atoms with Gasteiger partial charge in [-0.3, -0.25) is 4.79 Å². The van der Waals surface area contributed by atoms with Gasteiger partial charge in [0.05, 0.1) is 16.9 Å². The predicted molar refractivity (Wildman–Crippen MR) is 73.2 cm³/mol. The molecular formula is C14H20F2N2O2. The van der Waals surface area contributed by atoms with Gasteiger partial charge in [-0.15, -0.1) is 0 Å². The van der Waals surface area contributed by atoms with Crippen molar-refractivity contribution >= 4 is 11.6 Å². The highest BCUT2D eigenvalue weighted by Gasteiger charge is 2.24. The van der Waals surface area contributed by atoms with Gasteiger partial charge >= 0.3 is 0 Å². The molecule has 6 heteroatoms. The van der Waals surface area contributed by atoms with Crippen LogP contribution in [0.5, 0.6) is 0 Å². The van der Waals surface area contributed by atoms with E-state index in [-0.39, 0.29) is 12.5 Å². The summed E-state index contributed by atoms with van der Waals surface area (Å²) < 4.78 is 26.8. The largest absolute Gasteiger partial charge is 0.396 e. The van der Waals surface area contributed by atoms with E-state index in [0.717, 1.165) is 12.1 Å². The number of halogens is 2. The van der Waals surface area contributed by atoms with E-state index < -0.39 is 34.4 Å². The van der Waals surface area contributed by atoms with Crippen molar-refractivity contribution in [2.45, 2.75) is 32.8 Å². The van der Waals surface area contributed by atoms with Crippen molar-refractivity contribution in [3.05, 3.63) is 29.3 Å². The molecule has 0 aliphatic rings. The van der Waals surface area contributed by atoms with E-state index in [1.54, 1.807) is 6.92 Å². The molecule has 1 aromatic rings. The molecule has 1 rings (SSSR count). The molecule has 0 bridgehead atoms. The smallest absolute Gasteiger partial charge is 0.254 e. The molecule has 0 aliphatic heterocycles. The first-order valence-corrected chi connectivity index (χ1v) is 6.37. The number of rotatable bonds is 5. The maximum atomic E-state index is 13.6. The maximum absolute atomic E-state index is 13.6. The first-order valence-electron chi connectivity index (χ1n) is 6.37. The second-order valence-corrected chi connectivity index (χ2v) is 5.63. The van der Waals surface area contributed by atoms with E-state index in [4.69, 9.17) is 5.73 Å². The SMILES string of the molecule is CC(C)CC(C)(O)CNC(=O)c1cc(F)cc(N)c1F. The Balaban J connectivity index is 2.78. The molecule has 1 unspecified atom stereocenters. The van der Waals surface area contributed by atoms with Crippen LogP contribution in [0.1, 0.15) is 37.6 Å². The summed E-state index contributed by atoms with van der Waals surface area (Å²) in [4.78, 5) is 11.8. The number of nitrogens with one attached hydrogen (secondary N) is 1. The van der Waals surface area contributed by atoms with Gasteiger partial charge in [-0.1, -0.05) is 13.8 Å². The lowest BCUT2D eigenvalue weighted by atomic mass is 9.94. The van der Waals surface area contributed by atoms with Crippen LogP contribution < -0.4 is 11.1 Å². The standard InChI is InChI=1S/C14H20F2N2O2/c1-8(2)6-14(3,20)7-18-13(19)10-4-9(15)5-11(17)12(10)16/h4-5,8,20H,6-7,17H2,1-3H3,(H,18,19). The minimum atomic E-state index is -1.11. The van der Waals surface area contributed by atoms with Crippen LogP contribution >= 0.6 is 0 Å². The quantitative estimate of drug-likeness (QED) is 0.725. The summed E-state index contributed by atoms with van der Waals surface area (Å²) in [5.74, 6) is -2.32. The van der Waals surface area contributed by atoms with Gasteiger partial charge in [0.2, 0.25) is 0 Å². The summed E-state index contributed by atoms with van der Waals surface area (Å²) in [6.45, 7) is 5.38. The monoisotopic (exact) mass is 286 g/mol. The van der Waals surface area contributed by atoms with Gasteiger partial charge in [0.15, 0.2) is 5.82 Å². The third kappa shape index (κ3) is 4.45. The number of hydrogen-bond donors (Lipinski definition) is 3. The summed E-state index contributed by atoms with van der Waals surface area (Å²) in [6.07, 6.45) is 0.473. The van der Waals surface area contributed by atoms with Crippen LogP contribution in [-0.2, 0) is 0 Å². The Bertz CT molecular complexity index is 502. The fourth-order valence-electron chi connectivity index (χ4n) is 2.09. The molecule has 1 aromatic carbocycles. The molecule has 20 heavy (non-hydrogen) atoms. The minimum Gasteiger partial charge on any atom is -0.396 e. The summed E-state index contributed by atoms with van der Waals surface area (Å²) in [5, 5.41) is 12.4. The van der Waals surface area contributed by atoms with Crippen LogP contribution in [0.15, 0.2) is 12.1 Å². The molecule has 4 N–H and O–H groups in total. The average Bonchev–Trinajstić information content (AvgIpc) is 2.29. The molecule has 1 atom stereocenters. The molecule has 0 saturated carbocycles. The number of carbonyl (C=O) groups excluding carboxylic acids is 1. The van der Waals surface area contributed by atoms with Crippen molar-refractivity contribution in [3.8, 4) is 0 Å². The molecule has 0 saturated heterocycles. The lowest BCUT2D eigenvalue weighted by molar-refractivity contribution is 0.0367. The van der Waals surface area contributed by atoms with Gasteiger partial charge in [0, 0.05) is 6.54 Å². The average molecular weight is 286 g/mol. The Labute approximate surface area is 117 Å². The van der Waals surface area contributed by atoms with Gasteiger partial charge in [-0.25, -0.2) is 8.78 Å². The molecule has 1 amide bonds. The molecule has 0 aliphatic carbocycles. The minimum absolute atomic E-state index is 0.0557. The molecule has 0 spiro atoms. The van der Waals surface area contributed by atoms with E-state index in [0.29, 0.717) is 6.42 Å². The number of benzene rings is 1. The summed E-state index contributed by atoms with van der Waals surface area (Å²) in [5.41, 5.74) is 3.25. The summed E-state index contributed by atoms with van der Waals surface area (Å²) in [7, 11) is 0. The number of aliphatic hydroxyl groups is 1. The van der Waals surface area contributed by atoms with Gasteiger partial charge < -0.3 is 16.2 Å². The number of amides is 1. The maximum Gasteiger partial charge on any atom is 0.254 e. The van der Waals surface area contributed by atoms with Crippen LogP contribution in [0.2, 0.25) is 0 Å². The van der Waals surface area contributed by atoms with Crippen LogP contribution in [0, 0.1) is 17.6 Å². The number of nitrogen functional groups attached to an aromatic ring is 1. The van der Waals surface area contributed by atoms with E-state index in [1.165, 1.54) is 0 Å². The molecule has 0 heterocycles. The van der Waals surface area contributed by atoms with Crippen molar-refractivity contribution in [3.63, 3.8) is 0 Å². The molecule has 0 aromatic heterocycles. The third-order valence-electron chi connectivity index (χ3n) is 2.79. The third-order valence-corrected chi connectivity index (χ3v) is 2.79. The highest BCUT2D eigenvalue weighted by Crippen LogP contribution is 2.18. The predicted octanol–water partition coefficient (Wildman–Crippen LogP) is 2.07. The number of hydrogen-bond acceptors (Lipinski definition) is 3. The van der Waals surface area contributed by atoms with Crippen LogP contribution in [0.3, 0.4) is 0 Å². The van der Waals surface area contributed by atoms with E-state index in [1.807, 2.05) is 13.8 Å². The highest BCUT2D eigenvalue weighted by molar-refractivity contribution is 5.95. The van der Waals surface area contributed by atoms with Gasteiger partial charge in [-0.05, 0) is 31.4 Å². The zero-order valence-corrected chi connectivity index (χ0v) is 11.8. The van der Waals surface area contributed by atoms with Crippen molar-refractivity contribution in [1.82, 2.24) is 5.32 Å². The van der Waals surface area contributed by atoms with E-state index in [2.05, 4.69) is 5.32 Å². The number of carbonyl (C=O) groups is 1. The van der Waals surface area contributed by atoms with Crippen LogP contribution in [-0.4, -0.2) is 23.2 Å². The summed E-state index contributed by atoms with van der Waals surface area (Å²) in [6, 6.07) is 1.58. The first kappa shape index (κ1) is 16.4. The topological polar surface area (TPSA) is 75.3 Å². The van der Waals surface area contributed by atoms with E-state index >= 15 is 0 Å². The Morgan fingerprint density at radius 2 is 2.05 bits per heavy atom. The van der Waals surface area contributed by atoms with Crippen molar-refractivity contribution in [2.24, 2.45) is 5.92 Å². The van der Waals surface area contributed by atoms with Crippen molar-refractivity contribution < 1.29 is 18.7 Å². The molecule has 0 radical (unpaired) electrons. The second-order valence-electron chi connectivity index (χ2n) is 5.63. The van der Waals surface area contributed by atoms with Crippen LogP contribution in [0.4, 0.5) is 14.5 Å². The Kier molecular flexibility index (Phi) is 5.05. The Morgan fingerprint density at radius 3 is 2.60 bits per heavy atom. The zero-order chi connectivity index (χ0) is 15.5. The van der Waals surface area contributed by atoms with Gasteiger partial charge in [0.1, 0.15) is 5.82 Å². The zero-order valence-electron chi connectivity index (χ0n) is 11.8. The van der Waals surface area contributed by atoms with Crippen molar-refractivity contribution in [2.75, 3.05) is 12.3 Å². The molecular weight excluding hydrogens is 266 g/mol.